The minimum absolute atomic E-state index is 0.158. The average Bonchev–Trinajstić information content (AvgIpc) is 3.25. The quantitative estimate of drug-likeness (QED) is 0.336. The van der Waals surface area contributed by atoms with Crippen LogP contribution in [0.3, 0.4) is 0 Å². The molecule has 3 N–H and O–H groups in total. The summed E-state index contributed by atoms with van der Waals surface area (Å²) in [5.41, 5.74) is 3.01. The van der Waals surface area contributed by atoms with Gasteiger partial charge in [-0.05, 0) is 41.5 Å². The Morgan fingerprint density at radius 2 is 1.94 bits per heavy atom. The van der Waals surface area contributed by atoms with Gasteiger partial charge >= 0.3 is 6.09 Å². The van der Waals surface area contributed by atoms with Gasteiger partial charge in [-0.3, -0.25) is 10.1 Å². The molecule has 0 saturated carbocycles. The van der Waals surface area contributed by atoms with E-state index in [2.05, 4.69) is 30.2 Å². The number of carbonyl (C=O) groups is 1. The smallest absolute Gasteiger partial charge is 0.413 e. The number of H-pyrrole nitrogens is 2. The summed E-state index contributed by atoms with van der Waals surface area (Å²) in [5, 5.41) is 10.8. The summed E-state index contributed by atoms with van der Waals surface area (Å²) in [7, 11) is 1.24. The van der Waals surface area contributed by atoms with Crippen molar-refractivity contribution < 1.29 is 13.9 Å². The maximum absolute atomic E-state index is 14.8. The number of hydrogen-bond acceptors (Lipinski definition) is 5. The second-order valence-electron chi connectivity index (χ2n) is 7.59. The molecule has 2 heterocycles. The number of benzene rings is 3. The molecule has 5 rings (SSSR count). The van der Waals surface area contributed by atoms with E-state index in [-0.39, 0.29) is 11.5 Å². The Morgan fingerprint density at radius 1 is 1.15 bits per heavy atom. The number of aromatic nitrogens is 4. The van der Waals surface area contributed by atoms with Gasteiger partial charge in [-0.25, -0.2) is 19.3 Å². The van der Waals surface area contributed by atoms with Crippen LogP contribution in [0, 0.1) is 5.82 Å². The van der Waals surface area contributed by atoms with Gasteiger partial charge in [-0.1, -0.05) is 35.9 Å². The molecule has 170 valence electrons. The fourth-order valence-electron chi connectivity index (χ4n) is 3.84. The van der Waals surface area contributed by atoms with Gasteiger partial charge < -0.3 is 9.72 Å². The first-order chi connectivity index (χ1) is 16.4. The Hall–Kier alpha value is -4.24. The highest BCUT2D eigenvalue weighted by Crippen LogP contribution is 2.33. The zero-order valence-electron chi connectivity index (χ0n) is 17.8. The molecule has 34 heavy (non-hydrogen) atoms. The first kappa shape index (κ1) is 21.6. The van der Waals surface area contributed by atoms with Crippen LogP contribution >= 0.6 is 11.6 Å². The lowest BCUT2D eigenvalue weighted by Gasteiger charge is -2.09. The SMILES string of the molecule is COC(=O)Nc1nc2cc(-c3cc(Cc4n[nH]c(=O)c5ccccc45)ccc3F)cc(Cl)c2[nH]1. The van der Waals surface area contributed by atoms with E-state index in [1.165, 1.54) is 13.2 Å². The third-order valence-corrected chi connectivity index (χ3v) is 5.74. The number of halogens is 2. The maximum Gasteiger partial charge on any atom is 0.413 e. The zero-order valence-corrected chi connectivity index (χ0v) is 18.5. The molecular weight excluding hydrogens is 461 g/mol. The molecule has 0 atom stereocenters. The molecule has 3 aromatic carbocycles. The molecule has 0 saturated heterocycles. The maximum atomic E-state index is 14.8. The molecule has 0 bridgehead atoms. The lowest BCUT2D eigenvalue weighted by atomic mass is 9.98. The standard InChI is InChI=1S/C24H17ClFN5O3/c1-34-24(33)29-23-27-20-11-13(10-17(25)21(20)28-23)16-8-12(6-7-18(16)26)9-19-14-4-2-3-5-15(14)22(32)31-30-19/h2-8,10-11H,9H2,1H3,(H,31,32)(H2,27,28,29,33). The second-order valence-corrected chi connectivity index (χ2v) is 8.00. The fourth-order valence-corrected chi connectivity index (χ4v) is 4.10. The number of hydrogen-bond donors (Lipinski definition) is 3. The summed E-state index contributed by atoms with van der Waals surface area (Å²) in [6, 6.07) is 15.3. The van der Waals surface area contributed by atoms with Crippen molar-refractivity contribution in [3.63, 3.8) is 0 Å². The Morgan fingerprint density at radius 3 is 2.74 bits per heavy atom. The van der Waals surface area contributed by atoms with Crippen LogP contribution < -0.4 is 10.9 Å². The van der Waals surface area contributed by atoms with Crippen LogP contribution in [0.1, 0.15) is 11.3 Å². The van der Waals surface area contributed by atoms with Gasteiger partial charge in [-0.2, -0.15) is 5.10 Å². The molecule has 0 unspecified atom stereocenters. The summed E-state index contributed by atoms with van der Waals surface area (Å²) in [5.74, 6) is -0.270. The van der Waals surface area contributed by atoms with Crippen molar-refractivity contribution in [1.29, 1.82) is 0 Å². The Kier molecular flexibility index (Phi) is 5.46. The topological polar surface area (TPSA) is 113 Å². The molecule has 2 aromatic heterocycles. The lowest BCUT2D eigenvalue weighted by Crippen LogP contribution is -2.11. The second kappa shape index (κ2) is 8.60. The Bertz CT molecular complexity index is 1630. The van der Waals surface area contributed by atoms with Crippen molar-refractivity contribution >= 4 is 45.4 Å². The van der Waals surface area contributed by atoms with Crippen molar-refractivity contribution in [2.75, 3.05) is 12.4 Å². The number of nitrogens with one attached hydrogen (secondary N) is 3. The van der Waals surface area contributed by atoms with E-state index in [0.717, 1.165) is 10.9 Å². The first-order valence-electron chi connectivity index (χ1n) is 10.2. The minimum atomic E-state index is -0.683. The number of aromatic amines is 2. The number of carbonyl (C=O) groups excluding carboxylic acids is 1. The summed E-state index contributed by atoms with van der Waals surface area (Å²) >= 11 is 6.42. The predicted octanol–water partition coefficient (Wildman–Crippen LogP) is 5.03. The van der Waals surface area contributed by atoms with E-state index in [1.54, 1.807) is 36.4 Å². The normalized spacial score (nSPS) is 11.1. The molecule has 0 radical (unpaired) electrons. The largest absolute Gasteiger partial charge is 0.453 e. The van der Waals surface area contributed by atoms with Crippen molar-refractivity contribution in [3.05, 3.63) is 87.0 Å². The highest BCUT2D eigenvalue weighted by atomic mass is 35.5. The van der Waals surface area contributed by atoms with Crippen LogP contribution in [-0.2, 0) is 11.2 Å². The molecule has 0 spiro atoms. The number of ether oxygens (including phenoxy) is 1. The van der Waals surface area contributed by atoms with E-state index >= 15 is 0 Å². The Balaban J connectivity index is 1.54. The zero-order chi connectivity index (χ0) is 23.8. The van der Waals surface area contributed by atoms with Gasteiger partial charge in [0.1, 0.15) is 5.82 Å². The van der Waals surface area contributed by atoms with Crippen LogP contribution in [0.5, 0.6) is 0 Å². The molecule has 8 nitrogen and oxygen atoms in total. The van der Waals surface area contributed by atoms with Crippen LogP contribution in [0.4, 0.5) is 15.1 Å². The summed E-state index contributed by atoms with van der Waals surface area (Å²) in [6.45, 7) is 0. The van der Waals surface area contributed by atoms with Gasteiger partial charge in [0.15, 0.2) is 0 Å². The van der Waals surface area contributed by atoms with Crippen molar-refractivity contribution in [1.82, 2.24) is 20.2 Å². The number of methoxy groups -OCH3 is 1. The summed E-state index contributed by atoms with van der Waals surface area (Å²) < 4.78 is 19.4. The average molecular weight is 478 g/mol. The van der Waals surface area contributed by atoms with Crippen molar-refractivity contribution in [2.24, 2.45) is 0 Å². The van der Waals surface area contributed by atoms with E-state index in [1.807, 2.05) is 12.1 Å². The minimum Gasteiger partial charge on any atom is -0.453 e. The number of amides is 1. The van der Waals surface area contributed by atoms with E-state index in [9.17, 15) is 14.0 Å². The lowest BCUT2D eigenvalue weighted by molar-refractivity contribution is 0.186. The predicted molar refractivity (Wildman–Crippen MR) is 128 cm³/mol. The van der Waals surface area contributed by atoms with E-state index in [4.69, 9.17) is 11.6 Å². The van der Waals surface area contributed by atoms with Gasteiger partial charge in [0.25, 0.3) is 5.56 Å². The number of nitrogens with zero attached hydrogens (tertiary/aromatic N) is 2. The van der Waals surface area contributed by atoms with Crippen LogP contribution in [0.25, 0.3) is 32.9 Å². The van der Waals surface area contributed by atoms with Gasteiger partial charge in [0.2, 0.25) is 5.95 Å². The third kappa shape index (κ3) is 3.97. The molecule has 0 aliphatic rings. The van der Waals surface area contributed by atoms with Gasteiger partial charge in [0, 0.05) is 17.4 Å². The first-order valence-corrected chi connectivity index (χ1v) is 10.6. The van der Waals surface area contributed by atoms with Gasteiger partial charge in [-0.15, -0.1) is 0 Å². The summed E-state index contributed by atoms with van der Waals surface area (Å²) in [6.07, 6.45) is -0.298. The summed E-state index contributed by atoms with van der Waals surface area (Å²) in [4.78, 5) is 30.7. The van der Waals surface area contributed by atoms with Crippen molar-refractivity contribution in [2.45, 2.75) is 6.42 Å². The van der Waals surface area contributed by atoms with E-state index in [0.29, 0.717) is 44.7 Å². The molecule has 1 amide bonds. The van der Waals surface area contributed by atoms with Crippen molar-refractivity contribution in [3.8, 4) is 11.1 Å². The highest BCUT2D eigenvalue weighted by Gasteiger charge is 2.15. The van der Waals surface area contributed by atoms with Crippen LogP contribution in [-0.4, -0.2) is 33.4 Å². The third-order valence-electron chi connectivity index (χ3n) is 5.44. The fraction of sp³-hybridized carbons (Fsp3) is 0.0833. The molecule has 10 heteroatoms. The van der Waals surface area contributed by atoms with Crippen LogP contribution in [0.15, 0.2) is 59.4 Å². The van der Waals surface area contributed by atoms with E-state index < -0.39 is 11.9 Å². The number of fused-ring (bicyclic) bond motifs is 2. The monoisotopic (exact) mass is 477 g/mol. The number of anilines is 1. The molecule has 0 fully saturated rings. The Labute approximate surface area is 196 Å². The molecular formula is C24H17ClFN5O3. The number of imidazole rings is 1. The van der Waals surface area contributed by atoms with Gasteiger partial charge in [0.05, 0.1) is 34.2 Å². The molecule has 0 aliphatic carbocycles. The molecule has 5 aromatic rings. The van der Waals surface area contributed by atoms with Crippen LogP contribution in [0.2, 0.25) is 5.02 Å². The number of rotatable bonds is 4. The molecule has 0 aliphatic heterocycles. The highest BCUT2D eigenvalue weighted by molar-refractivity contribution is 6.35.